The number of nitrogens with one attached hydrogen (secondary N) is 1. The van der Waals surface area contributed by atoms with Crippen LogP contribution < -0.4 is 5.32 Å². The average molecular weight is 213 g/mol. The van der Waals surface area contributed by atoms with Crippen molar-refractivity contribution in [3.8, 4) is 0 Å². The third kappa shape index (κ3) is 1.70. The van der Waals surface area contributed by atoms with E-state index in [2.05, 4.69) is 25.1 Å². The maximum absolute atomic E-state index is 12.8. The quantitative estimate of drug-likeness (QED) is 0.754. The summed E-state index contributed by atoms with van der Waals surface area (Å²) in [4.78, 5) is 0. The molecule has 0 saturated heterocycles. The first-order valence-corrected chi connectivity index (χ1v) is 4.90. The molecule has 0 amide bonds. The summed E-state index contributed by atoms with van der Waals surface area (Å²) >= 11 is 0. The normalized spacial score (nSPS) is 15.8. The molecular weight excluding hydrogens is 201 g/mol. The minimum absolute atomic E-state index is 0.248. The van der Waals surface area contributed by atoms with E-state index in [9.17, 15) is 4.39 Å². The van der Waals surface area contributed by atoms with Crippen LogP contribution in [0, 0.1) is 5.82 Å². The monoisotopic (exact) mass is 213 g/mol. The van der Waals surface area contributed by atoms with E-state index >= 15 is 0 Å². The largest absolute Gasteiger partial charge is 0.361 e. The minimum Gasteiger partial charge on any atom is -0.361 e. The van der Waals surface area contributed by atoms with Gasteiger partial charge in [0.05, 0.1) is 0 Å². The molecule has 0 radical (unpaired) electrons. The lowest BCUT2D eigenvalue weighted by Crippen LogP contribution is -2.14. The summed E-state index contributed by atoms with van der Waals surface area (Å²) in [6, 6.07) is 6.29. The molecule has 80 valence electrons. The fraction of sp³-hybridized carbons (Fsp3) is 0. The molecule has 16 heavy (non-hydrogen) atoms. The van der Waals surface area contributed by atoms with E-state index < -0.39 is 0 Å². The second-order valence-corrected chi connectivity index (χ2v) is 3.64. The molecule has 1 aliphatic heterocycles. The second kappa shape index (κ2) is 3.81. The molecule has 1 N–H and O–H groups in total. The Hall–Kier alpha value is -2.09. The van der Waals surface area contributed by atoms with Crippen LogP contribution >= 0.6 is 0 Å². The van der Waals surface area contributed by atoms with Gasteiger partial charge in [0.1, 0.15) is 5.82 Å². The Morgan fingerprint density at radius 2 is 1.56 bits per heavy atom. The molecule has 0 fully saturated rings. The summed E-state index contributed by atoms with van der Waals surface area (Å²) in [5.41, 5.74) is 4.16. The lowest BCUT2D eigenvalue weighted by Gasteiger charge is -2.21. The van der Waals surface area contributed by atoms with E-state index in [4.69, 9.17) is 0 Å². The van der Waals surface area contributed by atoms with E-state index in [1.165, 1.54) is 12.1 Å². The fourth-order valence-corrected chi connectivity index (χ4v) is 1.57. The van der Waals surface area contributed by atoms with Crippen molar-refractivity contribution < 1.29 is 4.39 Å². The van der Waals surface area contributed by atoms with Crippen LogP contribution in [-0.2, 0) is 0 Å². The number of allylic oxidation sites excluding steroid dienone is 2. The van der Waals surface area contributed by atoms with Crippen LogP contribution in [0.5, 0.6) is 0 Å². The van der Waals surface area contributed by atoms with Gasteiger partial charge in [-0.3, -0.25) is 0 Å². The Bertz CT molecular complexity index is 506. The summed E-state index contributed by atoms with van der Waals surface area (Å²) in [6.45, 7) is 11.7. The molecule has 0 unspecified atom stereocenters. The summed E-state index contributed by atoms with van der Waals surface area (Å²) in [5.74, 6) is -0.248. The Labute approximate surface area is 94.3 Å². The molecule has 2 rings (SSSR count). The zero-order valence-electron chi connectivity index (χ0n) is 8.89. The van der Waals surface area contributed by atoms with E-state index in [1.54, 1.807) is 12.1 Å². The van der Waals surface area contributed by atoms with Gasteiger partial charge in [-0.25, -0.2) is 4.39 Å². The maximum atomic E-state index is 12.8. The molecule has 1 heterocycles. The van der Waals surface area contributed by atoms with Gasteiger partial charge in [0, 0.05) is 17.5 Å². The van der Waals surface area contributed by atoms with Crippen LogP contribution in [0.1, 0.15) is 5.56 Å². The maximum Gasteiger partial charge on any atom is 0.123 e. The molecule has 0 aliphatic carbocycles. The zero-order valence-corrected chi connectivity index (χ0v) is 8.89. The van der Waals surface area contributed by atoms with Crippen molar-refractivity contribution >= 4 is 5.57 Å². The zero-order chi connectivity index (χ0) is 11.7. The van der Waals surface area contributed by atoms with Crippen LogP contribution in [0.4, 0.5) is 4.39 Å². The van der Waals surface area contributed by atoms with Gasteiger partial charge < -0.3 is 5.32 Å². The van der Waals surface area contributed by atoms with Crippen molar-refractivity contribution in [2.45, 2.75) is 0 Å². The number of benzene rings is 1. The first kappa shape index (κ1) is 10.4. The van der Waals surface area contributed by atoms with Gasteiger partial charge in [0.2, 0.25) is 0 Å². The number of halogens is 1. The van der Waals surface area contributed by atoms with Gasteiger partial charge in [-0.15, -0.1) is 0 Å². The third-order valence-corrected chi connectivity index (χ3v) is 2.60. The van der Waals surface area contributed by atoms with Crippen LogP contribution in [0.2, 0.25) is 0 Å². The molecular formula is C14H12FN. The van der Waals surface area contributed by atoms with Gasteiger partial charge in [0.25, 0.3) is 0 Å². The standard InChI is InChI=1S/C14H12FN/c1-9-10(2)14(8-16-11(9)3)12-4-6-13(15)7-5-12/h4-8,16H,1-3H2. The van der Waals surface area contributed by atoms with Crippen LogP contribution in [0.3, 0.4) is 0 Å². The number of hydrogen-bond acceptors (Lipinski definition) is 1. The topological polar surface area (TPSA) is 12.0 Å². The molecule has 0 spiro atoms. The smallest absolute Gasteiger partial charge is 0.123 e. The van der Waals surface area contributed by atoms with E-state index in [0.717, 1.165) is 28.0 Å². The van der Waals surface area contributed by atoms with E-state index in [0.29, 0.717) is 0 Å². The third-order valence-electron chi connectivity index (χ3n) is 2.60. The minimum atomic E-state index is -0.248. The highest BCUT2D eigenvalue weighted by atomic mass is 19.1. The summed E-state index contributed by atoms with van der Waals surface area (Å²) < 4.78 is 12.8. The first-order valence-electron chi connectivity index (χ1n) is 4.90. The van der Waals surface area contributed by atoms with Gasteiger partial charge in [0.15, 0.2) is 0 Å². The van der Waals surface area contributed by atoms with Gasteiger partial charge in [-0.2, -0.15) is 0 Å². The van der Waals surface area contributed by atoms with E-state index in [1.807, 2.05) is 6.20 Å². The molecule has 0 aromatic heterocycles. The van der Waals surface area contributed by atoms with Gasteiger partial charge >= 0.3 is 0 Å². The highest BCUT2D eigenvalue weighted by molar-refractivity contribution is 5.86. The van der Waals surface area contributed by atoms with Crippen molar-refractivity contribution in [1.29, 1.82) is 0 Å². The van der Waals surface area contributed by atoms with Gasteiger partial charge in [-0.1, -0.05) is 31.9 Å². The SMILES string of the molecule is C=C1NC=C(c2ccc(F)cc2)C(=C)C1=C. The van der Waals surface area contributed by atoms with E-state index in [-0.39, 0.29) is 5.82 Å². The molecule has 0 saturated carbocycles. The Kier molecular flexibility index (Phi) is 2.49. The lowest BCUT2D eigenvalue weighted by atomic mass is 9.91. The summed E-state index contributed by atoms with van der Waals surface area (Å²) in [5, 5.41) is 3.01. The Morgan fingerprint density at radius 3 is 2.19 bits per heavy atom. The van der Waals surface area contributed by atoms with Crippen LogP contribution in [-0.4, -0.2) is 0 Å². The Balaban J connectivity index is 2.42. The van der Waals surface area contributed by atoms with Crippen molar-refractivity contribution in [3.63, 3.8) is 0 Å². The van der Waals surface area contributed by atoms with Crippen molar-refractivity contribution in [2.24, 2.45) is 0 Å². The second-order valence-electron chi connectivity index (χ2n) is 3.64. The van der Waals surface area contributed by atoms with Crippen LogP contribution in [0.15, 0.2) is 67.0 Å². The lowest BCUT2D eigenvalue weighted by molar-refractivity contribution is 0.627. The highest BCUT2D eigenvalue weighted by Gasteiger charge is 2.15. The Morgan fingerprint density at radius 1 is 0.938 bits per heavy atom. The fourth-order valence-electron chi connectivity index (χ4n) is 1.57. The average Bonchev–Trinajstić information content (AvgIpc) is 2.28. The number of hydrogen-bond donors (Lipinski definition) is 1. The molecule has 2 heteroatoms. The summed E-state index contributed by atoms with van der Waals surface area (Å²) in [6.07, 6.45) is 1.81. The molecule has 1 aromatic carbocycles. The molecule has 1 aliphatic rings. The van der Waals surface area contributed by atoms with Crippen molar-refractivity contribution in [2.75, 3.05) is 0 Å². The molecule has 0 atom stereocenters. The van der Waals surface area contributed by atoms with Gasteiger partial charge in [-0.05, 0) is 28.8 Å². The first-order chi connectivity index (χ1) is 7.59. The highest BCUT2D eigenvalue weighted by Crippen LogP contribution is 2.31. The van der Waals surface area contributed by atoms with Crippen molar-refractivity contribution in [1.82, 2.24) is 5.32 Å². The molecule has 0 bridgehead atoms. The summed E-state index contributed by atoms with van der Waals surface area (Å²) in [7, 11) is 0. The van der Waals surface area contributed by atoms with Crippen molar-refractivity contribution in [3.05, 3.63) is 78.4 Å². The van der Waals surface area contributed by atoms with Crippen LogP contribution in [0.25, 0.3) is 5.57 Å². The predicted octanol–water partition coefficient (Wildman–Crippen LogP) is 3.40. The molecule has 1 aromatic rings. The predicted molar refractivity (Wildman–Crippen MR) is 64.9 cm³/mol. The molecule has 1 nitrogen and oxygen atoms in total. The number of rotatable bonds is 1.